The molecule has 1 aromatic carbocycles. The van der Waals surface area contributed by atoms with Crippen molar-refractivity contribution in [3.8, 4) is 11.5 Å². The van der Waals surface area contributed by atoms with E-state index in [9.17, 15) is 13.6 Å². The van der Waals surface area contributed by atoms with Crippen LogP contribution in [0.1, 0.15) is 27.3 Å². The smallest absolute Gasteiger partial charge is 0.387 e. The number of carbonyl (C=O) groups is 1. The maximum Gasteiger partial charge on any atom is 0.387 e. The Bertz CT molecular complexity index is 1120. The molecular weight excluding hydrogens is 418 g/mol. The summed E-state index contributed by atoms with van der Waals surface area (Å²) in [6.45, 7) is 4.32. The number of rotatable bonds is 6. The van der Waals surface area contributed by atoms with Crippen LogP contribution in [0.25, 0.3) is 5.65 Å². The van der Waals surface area contributed by atoms with Crippen LogP contribution in [-0.2, 0) is 6.54 Å². The fraction of sp³-hybridized carbons (Fsp3) is 0.391. The van der Waals surface area contributed by atoms with Crippen LogP contribution in [0.5, 0.6) is 11.5 Å². The van der Waals surface area contributed by atoms with Crippen LogP contribution >= 0.6 is 0 Å². The Labute approximate surface area is 185 Å². The van der Waals surface area contributed by atoms with E-state index in [1.807, 2.05) is 20.0 Å². The second-order valence-corrected chi connectivity index (χ2v) is 7.89. The fourth-order valence-corrected chi connectivity index (χ4v) is 4.01. The van der Waals surface area contributed by atoms with Gasteiger partial charge in [0.25, 0.3) is 5.91 Å². The van der Waals surface area contributed by atoms with Crippen molar-refractivity contribution in [1.29, 1.82) is 0 Å². The predicted octanol–water partition coefficient (Wildman–Crippen LogP) is 3.52. The molecule has 170 valence electrons. The van der Waals surface area contributed by atoms with E-state index in [2.05, 4.69) is 31.2 Å². The summed E-state index contributed by atoms with van der Waals surface area (Å²) >= 11 is 0. The number of hydrogen-bond donors (Lipinski definition) is 0. The van der Waals surface area contributed by atoms with E-state index < -0.39 is 6.61 Å². The number of ether oxygens (including phenoxy) is 2. The third kappa shape index (κ3) is 4.52. The highest BCUT2D eigenvalue weighted by Gasteiger charge is 2.24. The molecule has 0 bridgehead atoms. The minimum absolute atomic E-state index is 0.148. The zero-order chi connectivity index (χ0) is 22.8. The first-order chi connectivity index (χ1) is 15.4. The van der Waals surface area contributed by atoms with Crippen molar-refractivity contribution >= 4 is 11.6 Å². The van der Waals surface area contributed by atoms with Crippen LogP contribution in [0.2, 0.25) is 0 Å². The van der Waals surface area contributed by atoms with Crippen molar-refractivity contribution in [3.05, 3.63) is 59.0 Å². The average Bonchev–Trinajstić information content (AvgIpc) is 3.07. The lowest BCUT2D eigenvalue weighted by Gasteiger charge is -2.34. The van der Waals surface area contributed by atoms with Gasteiger partial charge in [-0.3, -0.25) is 9.69 Å². The molecule has 0 saturated carbocycles. The molecule has 0 atom stereocenters. The molecule has 0 unspecified atom stereocenters. The van der Waals surface area contributed by atoms with Gasteiger partial charge < -0.3 is 18.8 Å². The molecule has 0 radical (unpaired) electrons. The highest BCUT2D eigenvalue weighted by Crippen LogP contribution is 2.30. The quantitative estimate of drug-likeness (QED) is 0.582. The number of piperazine rings is 1. The number of aromatic nitrogens is 2. The van der Waals surface area contributed by atoms with Crippen molar-refractivity contribution in [1.82, 2.24) is 19.2 Å². The van der Waals surface area contributed by atoms with E-state index in [1.54, 1.807) is 11.0 Å². The lowest BCUT2D eigenvalue weighted by atomic mass is 10.1. The number of nitrogens with zero attached hydrogens (tertiary/aromatic N) is 4. The number of amides is 1. The molecule has 32 heavy (non-hydrogen) atoms. The Morgan fingerprint density at radius 1 is 1.09 bits per heavy atom. The van der Waals surface area contributed by atoms with Crippen molar-refractivity contribution in [3.63, 3.8) is 0 Å². The van der Waals surface area contributed by atoms with Crippen LogP contribution in [0.15, 0.2) is 36.5 Å². The second-order valence-electron chi connectivity index (χ2n) is 7.89. The Balaban J connectivity index is 1.42. The predicted molar refractivity (Wildman–Crippen MR) is 115 cm³/mol. The monoisotopic (exact) mass is 444 g/mol. The van der Waals surface area contributed by atoms with Gasteiger partial charge in [0.2, 0.25) is 0 Å². The molecule has 4 rings (SSSR count). The molecule has 1 amide bonds. The Kier molecular flexibility index (Phi) is 6.27. The Hall–Kier alpha value is -3.20. The van der Waals surface area contributed by atoms with Gasteiger partial charge in [-0.05, 0) is 49.7 Å². The first-order valence-corrected chi connectivity index (χ1v) is 10.4. The molecule has 0 N–H and O–H groups in total. The first kappa shape index (κ1) is 22.0. The number of hydrogen-bond acceptors (Lipinski definition) is 5. The van der Waals surface area contributed by atoms with Gasteiger partial charge in [-0.1, -0.05) is 0 Å². The average molecular weight is 444 g/mol. The molecule has 1 saturated heterocycles. The van der Waals surface area contributed by atoms with Crippen LogP contribution in [0.3, 0.4) is 0 Å². The van der Waals surface area contributed by atoms with Crippen LogP contribution in [-0.4, -0.2) is 65.0 Å². The van der Waals surface area contributed by atoms with Gasteiger partial charge in [-0.2, -0.15) is 8.78 Å². The van der Waals surface area contributed by atoms with Crippen molar-refractivity contribution in [2.45, 2.75) is 27.0 Å². The fourth-order valence-electron chi connectivity index (χ4n) is 4.01. The molecular formula is C23H26F2N4O3. The van der Waals surface area contributed by atoms with Gasteiger partial charge in [-0.25, -0.2) is 4.98 Å². The third-order valence-electron chi connectivity index (χ3n) is 5.74. The normalized spacial score (nSPS) is 14.9. The van der Waals surface area contributed by atoms with Gasteiger partial charge in [0.05, 0.1) is 18.5 Å². The van der Waals surface area contributed by atoms with E-state index in [0.29, 0.717) is 31.7 Å². The Morgan fingerprint density at radius 2 is 1.84 bits per heavy atom. The van der Waals surface area contributed by atoms with Crippen LogP contribution in [0.4, 0.5) is 8.78 Å². The van der Waals surface area contributed by atoms with Crippen molar-refractivity contribution < 1.29 is 23.0 Å². The van der Waals surface area contributed by atoms with E-state index in [0.717, 1.165) is 23.6 Å². The molecule has 1 aliphatic heterocycles. The first-order valence-electron chi connectivity index (χ1n) is 10.4. The molecule has 0 spiro atoms. The number of halogens is 2. The number of fused-ring (bicyclic) bond motifs is 1. The number of methoxy groups -OCH3 is 1. The topological polar surface area (TPSA) is 59.3 Å². The number of benzene rings is 1. The Morgan fingerprint density at radius 3 is 2.53 bits per heavy atom. The second kappa shape index (κ2) is 9.12. The molecule has 1 fully saturated rings. The number of carbonyl (C=O) groups excluding carboxylic acids is 1. The third-order valence-corrected chi connectivity index (χ3v) is 5.74. The summed E-state index contributed by atoms with van der Waals surface area (Å²) in [6, 6.07) is 8.47. The van der Waals surface area contributed by atoms with Gasteiger partial charge in [0.1, 0.15) is 5.65 Å². The molecule has 2 aromatic heterocycles. The zero-order valence-corrected chi connectivity index (χ0v) is 18.3. The lowest BCUT2D eigenvalue weighted by molar-refractivity contribution is -0.0512. The number of imidazole rings is 1. The molecule has 7 nitrogen and oxygen atoms in total. The molecule has 3 heterocycles. The number of pyridine rings is 1. The van der Waals surface area contributed by atoms with Crippen LogP contribution in [0, 0.1) is 13.8 Å². The largest absolute Gasteiger partial charge is 0.493 e. The summed E-state index contributed by atoms with van der Waals surface area (Å²) in [6.07, 6.45) is 2.04. The summed E-state index contributed by atoms with van der Waals surface area (Å²) in [4.78, 5) is 21.6. The minimum Gasteiger partial charge on any atom is -0.493 e. The van der Waals surface area contributed by atoms with Crippen LogP contribution < -0.4 is 9.47 Å². The van der Waals surface area contributed by atoms with E-state index in [-0.39, 0.29) is 17.4 Å². The standard InChI is InChI=1S/C23H26F2N4O3/c1-15-6-7-29-18(16(2)26-21(29)12-15)14-27-8-10-28(11-9-27)22(30)17-4-5-19(31-3)20(13-17)32-23(24)25/h4-7,12-13,23H,8-11,14H2,1-3H3. The molecule has 9 heteroatoms. The van der Waals surface area contributed by atoms with E-state index in [1.165, 1.54) is 24.8 Å². The summed E-state index contributed by atoms with van der Waals surface area (Å²) in [5.41, 5.74) is 4.54. The summed E-state index contributed by atoms with van der Waals surface area (Å²) in [7, 11) is 1.36. The number of aryl methyl sites for hydroxylation is 2. The van der Waals surface area contributed by atoms with Crippen molar-refractivity contribution in [2.24, 2.45) is 0 Å². The van der Waals surface area contributed by atoms with Crippen molar-refractivity contribution in [2.75, 3.05) is 33.3 Å². The summed E-state index contributed by atoms with van der Waals surface area (Å²) in [5, 5.41) is 0. The SMILES string of the molecule is COc1ccc(C(=O)N2CCN(Cc3c(C)nc4cc(C)ccn34)CC2)cc1OC(F)F. The maximum absolute atomic E-state index is 12.9. The highest BCUT2D eigenvalue weighted by atomic mass is 19.3. The van der Waals surface area contributed by atoms with E-state index in [4.69, 9.17) is 4.74 Å². The van der Waals surface area contributed by atoms with Gasteiger partial charge in [0.15, 0.2) is 11.5 Å². The van der Waals surface area contributed by atoms with E-state index >= 15 is 0 Å². The highest BCUT2D eigenvalue weighted by molar-refractivity contribution is 5.95. The summed E-state index contributed by atoms with van der Waals surface area (Å²) in [5.74, 6) is -0.205. The summed E-state index contributed by atoms with van der Waals surface area (Å²) < 4.78 is 37.0. The van der Waals surface area contributed by atoms with Gasteiger partial charge in [0, 0.05) is 44.5 Å². The maximum atomic E-state index is 12.9. The lowest BCUT2D eigenvalue weighted by Crippen LogP contribution is -2.48. The van der Waals surface area contributed by atoms with Gasteiger partial charge in [-0.15, -0.1) is 0 Å². The minimum atomic E-state index is -3.00. The zero-order valence-electron chi connectivity index (χ0n) is 18.3. The van der Waals surface area contributed by atoms with Gasteiger partial charge >= 0.3 is 6.61 Å². The molecule has 1 aliphatic rings. The molecule has 0 aliphatic carbocycles. The number of alkyl halides is 2. The molecule has 3 aromatic rings.